The number of anilines is 1. The molecule has 1 aliphatic heterocycles. The van der Waals surface area contributed by atoms with Gasteiger partial charge in [-0.1, -0.05) is 11.6 Å². The number of ether oxygens (including phenoxy) is 1. The van der Waals surface area contributed by atoms with Crippen molar-refractivity contribution in [2.45, 2.75) is 0 Å². The van der Waals surface area contributed by atoms with Gasteiger partial charge in [0, 0.05) is 7.05 Å². The number of rotatable bonds is 2. The number of thiophene rings is 1. The third kappa shape index (κ3) is 1.69. The Bertz CT molecular complexity index is 462. The Kier molecular flexibility index (Phi) is 2.89. The zero-order valence-corrected chi connectivity index (χ0v) is 10.1. The van der Waals surface area contributed by atoms with E-state index in [0.717, 1.165) is 5.00 Å². The Morgan fingerprint density at radius 3 is 2.75 bits per heavy atom. The van der Waals surface area contributed by atoms with Crippen molar-refractivity contribution in [1.82, 2.24) is 0 Å². The zero-order valence-electron chi connectivity index (χ0n) is 8.57. The third-order valence-electron chi connectivity index (χ3n) is 2.51. The monoisotopic (exact) mass is 256 g/mol. The first-order chi connectivity index (χ1) is 7.59. The minimum absolute atomic E-state index is 0.172. The fourth-order valence-corrected chi connectivity index (χ4v) is 2.44. The van der Waals surface area contributed by atoms with Crippen LogP contribution in [0.15, 0.2) is 12.1 Å². The quantitative estimate of drug-likeness (QED) is 0.812. The van der Waals surface area contributed by atoms with Crippen molar-refractivity contribution in [3.05, 3.63) is 16.5 Å². The SMILES string of the molecule is CN(C(=O)C1(C#N)COC1)c1ccc(Cl)s1. The Morgan fingerprint density at radius 1 is 1.69 bits per heavy atom. The van der Waals surface area contributed by atoms with E-state index in [4.69, 9.17) is 21.6 Å². The van der Waals surface area contributed by atoms with Crippen molar-refractivity contribution in [3.8, 4) is 6.07 Å². The van der Waals surface area contributed by atoms with Crippen molar-refractivity contribution in [1.29, 1.82) is 5.26 Å². The van der Waals surface area contributed by atoms with E-state index in [1.54, 1.807) is 19.2 Å². The molecule has 84 valence electrons. The Balaban J connectivity index is 2.20. The minimum atomic E-state index is -1.01. The molecule has 1 fully saturated rings. The summed E-state index contributed by atoms with van der Waals surface area (Å²) in [6.07, 6.45) is 0. The van der Waals surface area contributed by atoms with Crippen LogP contribution in [0, 0.1) is 16.7 Å². The normalized spacial score (nSPS) is 17.3. The summed E-state index contributed by atoms with van der Waals surface area (Å²) in [6, 6.07) is 5.51. The molecule has 4 nitrogen and oxygen atoms in total. The summed E-state index contributed by atoms with van der Waals surface area (Å²) >= 11 is 7.10. The van der Waals surface area contributed by atoms with Crippen molar-refractivity contribution >= 4 is 33.8 Å². The predicted molar refractivity (Wildman–Crippen MR) is 61.6 cm³/mol. The molecule has 1 aliphatic rings. The summed E-state index contributed by atoms with van der Waals surface area (Å²) in [5, 5.41) is 9.74. The lowest BCUT2D eigenvalue weighted by atomic mass is 9.86. The van der Waals surface area contributed by atoms with Gasteiger partial charge in [-0.3, -0.25) is 4.79 Å². The molecule has 0 radical (unpaired) electrons. The van der Waals surface area contributed by atoms with E-state index < -0.39 is 5.41 Å². The van der Waals surface area contributed by atoms with Crippen LogP contribution in [0.5, 0.6) is 0 Å². The molecule has 6 heteroatoms. The molecule has 1 amide bonds. The van der Waals surface area contributed by atoms with Gasteiger partial charge in [0.25, 0.3) is 5.91 Å². The lowest BCUT2D eigenvalue weighted by Crippen LogP contribution is -2.53. The molecule has 16 heavy (non-hydrogen) atoms. The fourth-order valence-electron chi connectivity index (χ4n) is 1.45. The van der Waals surface area contributed by atoms with Gasteiger partial charge < -0.3 is 9.64 Å². The van der Waals surface area contributed by atoms with Crippen LogP contribution in [0.4, 0.5) is 5.00 Å². The molecule has 2 heterocycles. The highest BCUT2D eigenvalue weighted by Gasteiger charge is 2.48. The summed E-state index contributed by atoms with van der Waals surface area (Å²) in [5.41, 5.74) is -1.01. The lowest BCUT2D eigenvalue weighted by molar-refractivity contribution is -0.146. The third-order valence-corrected chi connectivity index (χ3v) is 3.82. The number of hydrogen-bond donors (Lipinski definition) is 0. The first kappa shape index (κ1) is 11.4. The molecule has 0 aliphatic carbocycles. The van der Waals surface area contributed by atoms with Crippen LogP contribution in [0.3, 0.4) is 0 Å². The standard InChI is InChI=1S/C10H9ClN2O2S/c1-13(8-3-2-7(11)16-8)9(14)10(4-12)5-15-6-10/h2-3H,5-6H2,1H3. The Labute approximate surface area is 102 Å². The first-order valence-corrected chi connectivity index (χ1v) is 5.81. The number of carbonyl (C=O) groups excluding carboxylic acids is 1. The van der Waals surface area contributed by atoms with Gasteiger partial charge in [0.05, 0.1) is 28.6 Å². The van der Waals surface area contributed by atoms with Crippen LogP contribution in [-0.2, 0) is 9.53 Å². The highest BCUT2D eigenvalue weighted by atomic mass is 35.5. The zero-order chi connectivity index (χ0) is 11.8. The van der Waals surface area contributed by atoms with Crippen LogP contribution in [0.25, 0.3) is 0 Å². The summed E-state index contributed by atoms with van der Waals surface area (Å²) in [5.74, 6) is -0.236. The van der Waals surface area contributed by atoms with E-state index in [-0.39, 0.29) is 19.1 Å². The van der Waals surface area contributed by atoms with Gasteiger partial charge in [-0.25, -0.2) is 0 Å². The van der Waals surface area contributed by atoms with Gasteiger partial charge in [-0.2, -0.15) is 5.26 Å². The van der Waals surface area contributed by atoms with Gasteiger partial charge >= 0.3 is 0 Å². The fraction of sp³-hybridized carbons (Fsp3) is 0.400. The first-order valence-electron chi connectivity index (χ1n) is 4.61. The van der Waals surface area contributed by atoms with Crippen molar-refractivity contribution in [2.75, 3.05) is 25.2 Å². The van der Waals surface area contributed by atoms with Crippen molar-refractivity contribution in [3.63, 3.8) is 0 Å². The van der Waals surface area contributed by atoms with Crippen LogP contribution in [0.1, 0.15) is 0 Å². The number of nitrogens with zero attached hydrogens (tertiary/aromatic N) is 2. The largest absolute Gasteiger partial charge is 0.377 e. The molecular formula is C10H9ClN2O2S. The van der Waals surface area contributed by atoms with Gasteiger partial charge in [-0.15, -0.1) is 11.3 Å². The molecule has 1 aromatic rings. The smallest absolute Gasteiger partial charge is 0.252 e. The van der Waals surface area contributed by atoms with E-state index in [0.29, 0.717) is 4.34 Å². The molecule has 0 aromatic carbocycles. The van der Waals surface area contributed by atoms with Crippen LogP contribution >= 0.6 is 22.9 Å². The van der Waals surface area contributed by atoms with E-state index in [1.165, 1.54) is 16.2 Å². The van der Waals surface area contributed by atoms with Crippen molar-refractivity contribution < 1.29 is 9.53 Å². The highest BCUT2D eigenvalue weighted by Crippen LogP contribution is 2.34. The second-order valence-electron chi connectivity index (χ2n) is 3.63. The summed E-state index contributed by atoms with van der Waals surface area (Å²) in [7, 11) is 1.64. The Hall–Kier alpha value is -1.09. The highest BCUT2D eigenvalue weighted by molar-refractivity contribution is 7.20. The van der Waals surface area contributed by atoms with E-state index >= 15 is 0 Å². The number of hydrogen-bond acceptors (Lipinski definition) is 4. The molecular weight excluding hydrogens is 248 g/mol. The molecule has 0 bridgehead atoms. The minimum Gasteiger partial charge on any atom is -0.377 e. The summed E-state index contributed by atoms with van der Waals surface area (Å²) in [4.78, 5) is 13.5. The van der Waals surface area contributed by atoms with Gasteiger partial charge in [0.15, 0.2) is 5.41 Å². The maximum Gasteiger partial charge on any atom is 0.252 e. The summed E-state index contributed by atoms with van der Waals surface area (Å²) in [6.45, 7) is 0.345. The molecule has 0 spiro atoms. The Morgan fingerprint density at radius 2 is 2.38 bits per heavy atom. The van der Waals surface area contributed by atoms with Crippen LogP contribution < -0.4 is 4.90 Å². The predicted octanol–water partition coefficient (Wildman–Crippen LogP) is 1.90. The number of amides is 1. The summed E-state index contributed by atoms with van der Waals surface area (Å²) < 4.78 is 5.57. The maximum atomic E-state index is 12.1. The molecule has 1 aromatic heterocycles. The van der Waals surface area contributed by atoms with E-state index in [2.05, 4.69) is 0 Å². The lowest BCUT2D eigenvalue weighted by Gasteiger charge is -2.35. The molecule has 2 rings (SSSR count). The number of carbonyl (C=O) groups is 1. The second-order valence-corrected chi connectivity index (χ2v) is 5.32. The maximum absolute atomic E-state index is 12.1. The average Bonchev–Trinajstić information content (AvgIpc) is 2.63. The molecule has 0 N–H and O–H groups in total. The van der Waals surface area contributed by atoms with E-state index in [1.807, 2.05) is 6.07 Å². The van der Waals surface area contributed by atoms with Gasteiger partial charge in [0.2, 0.25) is 0 Å². The van der Waals surface area contributed by atoms with Crippen LogP contribution in [-0.4, -0.2) is 26.2 Å². The molecule has 1 saturated heterocycles. The van der Waals surface area contributed by atoms with Crippen molar-refractivity contribution in [2.24, 2.45) is 5.41 Å². The topological polar surface area (TPSA) is 53.3 Å². The molecule has 0 atom stereocenters. The molecule has 0 unspecified atom stereocenters. The number of nitriles is 1. The second kappa shape index (κ2) is 4.06. The van der Waals surface area contributed by atoms with Gasteiger partial charge in [-0.05, 0) is 12.1 Å². The van der Waals surface area contributed by atoms with Crippen LogP contribution in [0.2, 0.25) is 4.34 Å². The van der Waals surface area contributed by atoms with E-state index in [9.17, 15) is 4.79 Å². The van der Waals surface area contributed by atoms with Gasteiger partial charge in [0.1, 0.15) is 0 Å². The number of halogens is 1. The molecule has 0 saturated carbocycles. The average molecular weight is 257 g/mol.